The van der Waals surface area contributed by atoms with Crippen LogP contribution in [0.1, 0.15) is 16.8 Å². The number of fused-ring (bicyclic) bond motifs is 2. The number of benzene rings is 2. The van der Waals surface area contributed by atoms with Crippen LogP contribution in [-0.4, -0.2) is 30.0 Å². The van der Waals surface area contributed by atoms with E-state index in [2.05, 4.69) is 10.6 Å². The Hall–Kier alpha value is -3.59. The Labute approximate surface area is 174 Å². The Bertz CT molecular complexity index is 1230. The number of hydrogen-bond donors (Lipinski definition) is 3. The number of anilines is 1. The Kier molecular flexibility index (Phi) is 5.28. The van der Waals surface area contributed by atoms with Gasteiger partial charge in [0.25, 0.3) is 5.91 Å². The summed E-state index contributed by atoms with van der Waals surface area (Å²) >= 11 is 1.52. The van der Waals surface area contributed by atoms with Gasteiger partial charge in [-0.1, -0.05) is 12.1 Å². The summed E-state index contributed by atoms with van der Waals surface area (Å²) in [6, 6.07) is 11.2. The zero-order chi connectivity index (χ0) is 21.3. The van der Waals surface area contributed by atoms with Crippen molar-refractivity contribution in [1.82, 2.24) is 5.32 Å². The number of carbonyl (C=O) groups is 3. The second-order valence-corrected chi connectivity index (χ2v) is 7.83. The van der Waals surface area contributed by atoms with Crippen LogP contribution in [0.15, 0.2) is 56.6 Å². The van der Waals surface area contributed by atoms with Crippen molar-refractivity contribution in [2.24, 2.45) is 5.73 Å². The second kappa shape index (κ2) is 8.03. The lowest BCUT2D eigenvalue weighted by Gasteiger charge is -2.09. The SMILES string of the molecule is NC(=O)CNC(=O)c1ccc(-c2cc(=O)c3cc4c(cc3o2)SCCC(=O)N4)cc1. The van der Waals surface area contributed by atoms with Gasteiger partial charge < -0.3 is 20.8 Å². The summed E-state index contributed by atoms with van der Waals surface area (Å²) in [6.07, 6.45) is 0.404. The highest BCUT2D eigenvalue weighted by molar-refractivity contribution is 7.99. The molecular formula is C21H17N3O5S. The number of amides is 3. The van der Waals surface area contributed by atoms with E-state index in [9.17, 15) is 19.2 Å². The molecule has 1 aliphatic heterocycles. The van der Waals surface area contributed by atoms with Crippen LogP contribution in [0.25, 0.3) is 22.3 Å². The van der Waals surface area contributed by atoms with Crippen molar-refractivity contribution in [2.45, 2.75) is 11.3 Å². The molecule has 0 aliphatic carbocycles. The Morgan fingerprint density at radius 2 is 1.90 bits per heavy atom. The summed E-state index contributed by atoms with van der Waals surface area (Å²) in [5, 5.41) is 5.60. The standard InChI is InChI=1S/C21H17N3O5S/c22-19(26)10-23-21(28)12-3-1-11(2-4-12)16-8-15(25)13-7-14-18(9-17(13)29-16)30-6-5-20(27)24-14/h1-4,7-9H,5-6,10H2,(H2,22,26)(H,23,28)(H,24,27). The van der Waals surface area contributed by atoms with Gasteiger partial charge in [-0.05, 0) is 24.3 Å². The van der Waals surface area contributed by atoms with Crippen molar-refractivity contribution in [2.75, 3.05) is 17.6 Å². The van der Waals surface area contributed by atoms with Crippen LogP contribution in [-0.2, 0) is 9.59 Å². The minimum absolute atomic E-state index is 0.0819. The lowest BCUT2D eigenvalue weighted by atomic mass is 10.1. The number of primary amides is 1. The third-order valence-electron chi connectivity index (χ3n) is 4.54. The molecule has 0 saturated heterocycles. The maximum Gasteiger partial charge on any atom is 0.251 e. The predicted octanol–water partition coefficient (Wildman–Crippen LogP) is 2.11. The molecule has 2 aromatic carbocycles. The first-order valence-corrected chi connectivity index (χ1v) is 10.1. The molecule has 0 spiro atoms. The molecule has 1 aromatic heterocycles. The molecule has 2 heterocycles. The van der Waals surface area contributed by atoms with E-state index in [0.29, 0.717) is 45.7 Å². The molecular weight excluding hydrogens is 406 g/mol. The van der Waals surface area contributed by atoms with Gasteiger partial charge in [0.15, 0.2) is 5.43 Å². The van der Waals surface area contributed by atoms with E-state index in [1.54, 1.807) is 36.4 Å². The third kappa shape index (κ3) is 4.06. The zero-order valence-corrected chi connectivity index (χ0v) is 16.5. The number of carbonyl (C=O) groups excluding carboxylic acids is 3. The molecule has 0 radical (unpaired) electrons. The Morgan fingerprint density at radius 1 is 1.13 bits per heavy atom. The molecule has 0 bridgehead atoms. The molecule has 0 unspecified atom stereocenters. The molecule has 30 heavy (non-hydrogen) atoms. The van der Waals surface area contributed by atoms with E-state index >= 15 is 0 Å². The Balaban J connectivity index is 1.67. The maximum atomic E-state index is 12.7. The molecule has 3 aromatic rings. The van der Waals surface area contributed by atoms with Crippen LogP contribution in [0.4, 0.5) is 5.69 Å². The molecule has 1 aliphatic rings. The fourth-order valence-corrected chi connectivity index (χ4v) is 4.03. The highest BCUT2D eigenvalue weighted by Crippen LogP contribution is 2.34. The van der Waals surface area contributed by atoms with Crippen molar-refractivity contribution in [1.29, 1.82) is 0 Å². The van der Waals surface area contributed by atoms with Crippen LogP contribution in [0.3, 0.4) is 0 Å². The first-order chi connectivity index (χ1) is 14.4. The zero-order valence-electron chi connectivity index (χ0n) is 15.7. The van der Waals surface area contributed by atoms with Gasteiger partial charge in [-0.25, -0.2) is 0 Å². The van der Waals surface area contributed by atoms with E-state index in [-0.39, 0.29) is 17.9 Å². The lowest BCUT2D eigenvalue weighted by molar-refractivity contribution is -0.117. The van der Waals surface area contributed by atoms with Crippen molar-refractivity contribution in [3.63, 3.8) is 0 Å². The third-order valence-corrected chi connectivity index (χ3v) is 5.60. The predicted molar refractivity (Wildman–Crippen MR) is 113 cm³/mol. The van der Waals surface area contributed by atoms with Gasteiger partial charge in [0.05, 0.1) is 17.6 Å². The van der Waals surface area contributed by atoms with Crippen molar-refractivity contribution >= 4 is 46.1 Å². The summed E-state index contributed by atoms with van der Waals surface area (Å²) < 4.78 is 5.95. The minimum Gasteiger partial charge on any atom is -0.456 e. The molecule has 4 rings (SSSR count). The monoisotopic (exact) mass is 423 g/mol. The van der Waals surface area contributed by atoms with Crippen molar-refractivity contribution < 1.29 is 18.8 Å². The number of hydrogen-bond acceptors (Lipinski definition) is 6. The molecule has 9 heteroatoms. The fraction of sp³-hybridized carbons (Fsp3) is 0.143. The summed E-state index contributed by atoms with van der Waals surface area (Å²) in [4.78, 5) is 48.1. The minimum atomic E-state index is -0.631. The van der Waals surface area contributed by atoms with E-state index in [1.165, 1.54) is 17.8 Å². The van der Waals surface area contributed by atoms with Gasteiger partial charge in [0, 0.05) is 34.3 Å². The maximum absolute atomic E-state index is 12.7. The van der Waals surface area contributed by atoms with Crippen molar-refractivity contribution in [3.05, 3.63) is 58.3 Å². The topological polar surface area (TPSA) is 132 Å². The highest BCUT2D eigenvalue weighted by Gasteiger charge is 2.17. The van der Waals surface area contributed by atoms with Gasteiger partial charge in [-0.15, -0.1) is 11.8 Å². The van der Waals surface area contributed by atoms with E-state index in [1.807, 2.05) is 0 Å². The quantitative estimate of drug-likeness (QED) is 0.589. The fourth-order valence-electron chi connectivity index (χ4n) is 3.06. The van der Waals surface area contributed by atoms with Crippen LogP contribution in [0.5, 0.6) is 0 Å². The largest absolute Gasteiger partial charge is 0.456 e. The van der Waals surface area contributed by atoms with Gasteiger partial charge in [0.2, 0.25) is 11.8 Å². The van der Waals surface area contributed by atoms with E-state index < -0.39 is 11.8 Å². The first-order valence-electron chi connectivity index (χ1n) is 9.12. The van der Waals surface area contributed by atoms with Gasteiger partial charge in [-0.3, -0.25) is 19.2 Å². The smallest absolute Gasteiger partial charge is 0.251 e. The molecule has 4 N–H and O–H groups in total. The normalized spacial score (nSPS) is 13.3. The molecule has 8 nitrogen and oxygen atoms in total. The molecule has 0 saturated carbocycles. The van der Waals surface area contributed by atoms with Crippen LogP contribution >= 0.6 is 11.8 Å². The molecule has 152 valence electrons. The van der Waals surface area contributed by atoms with E-state index in [4.69, 9.17) is 10.2 Å². The Morgan fingerprint density at radius 3 is 2.63 bits per heavy atom. The van der Waals surface area contributed by atoms with Crippen LogP contribution in [0.2, 0.25) is 0 Å². The first kappa shape index (κ1) is 19.7. The summed E-state index contributed by atoms with van der Waals surface area (Å²) in [5.41, 5.74) is 6.78. The second-order valence-electron chi connectivity index (χ2n) is 6.69. The number of rotatable bonds is 4. The van der Waals surface area contributed by atoms with Crippen LogP contribution < -0.4 is 21.8 Å². The van der Waals surface area contributed by atoms with E-state index in [0.717, 1.165) is 4.90 Å². The van der Waals surface area contributed by atoms with Gasteiger partial charge in [0.1, 0.15) is 11.3 Å². The summed E-state index contributed by atoms with van der Waals surface area (Å²) in [6.45, 7) is -0.247. The average molecular weight is 423 g/mol. The number of nitrogens with one attached hydrogen (secondary N) is 2. The number of nitrogens with two attached hydrogens (primary N) is 1. The average Bonchev–Trinajstić information content (AvgIpc) is 2.90. The molecule has 0 fully saturated rings. The van der Waals surface area contributed by atoms with Gasteiger partial charge >= 0.3 is 0 Å². The van der Waals surface area contributed by atoms with Crippen LogP contribution in [0, 0.1) is 0 Å². The number of thioether (sulfide) groups is 1. The van der Waals surface area contributed by atoms with Gasteiger partial charge in [-0.2, -0.15) is 0 Å². The highest BCUT2D eigenvalue weighted by atomic mass is 32.2. The molecule has 3 amide bonds. The summed E-state index contributed by atoms with van der Waals surface area (Å²) in [7, 11) is 0. The molecule has 0 atom stereocenters. The lowest BCUT2D eigenvalue weighted by Crippen LogP contribution is -2.33. The summed E-state index contributed by atoms with van der Waals surface area (Å²) in [5.74, 6) is -0.135. The van der Waals surface area contributed by atoms with Crippen molar-refractivity contribution in [3.8, 4) is 11.3 Å².